The lowest BCUT2D eigenvalue weighted by atomic mass is 9.92. The smallest absolute Gasteiger partial charge is 0.334 e. The molecule has 9 heteroatoms. The summed E-state index contributed by atoms with van der Waals surface area (Å²) in [7, 11) is 1.80. The zero-order valence-electron chi connectivity index (χ0n) is 16.8. The molecule has 1 aromatic carbocycles. The monoisotopic (exact) mass is 433 g/mol. The van der Waals surface area contributed by atoms with E-state index in [0.29, 0.717) is 11.3 Å². The van der Waals surface area contributed by atoms with Crippen LogP contribution in [0.2, 0.25) is 5.02 Å². The molecular formula is C21H19ClF3N5. The molecule has 0 aliphatic carbocycles. The van der Waals surface area contributed by atoms with E-state index in [1.165, 1.54) is 24.3 Å². The number of aromatic amines is 1. The van der Waals surface area contributed by atoms with Gasteiger partial charge in [-0.25, -0.2) is 9.97 Å². The molecule has 30 heavy (non-hydrogen) atoms. The third-order valence-corrected chi connectivity index (χ3v) is 5.11. The lowest BCUT2D eigenvalue weighted by molar-refractivity contribution is -0.137. The quantitative estimate of drug-likeness (QED) is 0.422. The number of imidazole rings is 1. The summed E-state index contributed by atoms with van der Waals surface area (Å²) in [6.45, 7) is 6.17. The van der Waals surface area contributed by atoms with Crippen molar-refractivity contribution in [1.82, 2.24) is 24.7 Å². The minimum atomic E-state index is -4.51. The van der Waals surface area contributed by atoms with Crippen LogP contribution in [0.4, 0.5) is 13.2 Å². The zero-order chi connectivity index (χ0) is 21.8. The normalized spacial score (nSPS) is 12.7. The van der Waals surface area contributed by atoms with Crippen molar-refractivity contribution in [2.75, 3.05) is 0 Å². The van der Waals surface area contributed by atoms with Crippen molar-refractivity contribution in [2.24, 2.45) is 7.05 Å². The van der Waals surface area contributed by atoms with Gasteiger partial charge in [-0.2, -0.15) is 18.3 Å². The number of alkyl halides is 3. The fraction of sp³-hybridized carbons (Fsp3) is 0.286. The number of aromatic nitrogens is 5. The van der Waals surface area contributed by atoms with Crippen LogP contribution in [-0.2, 0) is 18.6 Å². The van der Waals surface area contributed by atoms with E-state index in [4.69, 9.17) is 11.6 Å². The molecule has 0 aliphatic heterocycles. The van der Waals surface area contributed by atoms with Gasteiger partial charge in [-0.3, -0.25) is 4.68 Å². The van der Waals surface area contributed by atoms with Crippen molar-refractivity contribution in [2.45, 2.75) is 32.4 Å². The van der Waals surface area contributed by atoms with Crippen LogP contribution in [0.15, 0.2) is 36.4 Å². The molecule has 0 radical (unpaired) electrons. The van der Waals surface area contributed by atoms with Gasteiger partial charge >= 0.3 is 6.18 Å². The van der Waals surface area contributed by atoms with Crippen molar-refractivity contribution < 1.29 is 13.2 Å². The molecule has 0 spiro atoms. The number of benzene rings is 1. The summed E-state index contributed by atoms with van der Waals surface area (Å²) in [4.78, 5) is 12.0. The van der Waals surface area contributed by atoms with Crippen LogP contribution in [0.3, 0.4) is 0 Å². The fourth-order valence-electron chi connectivity index (χ4n) is 3.22. The number of pyridine rings is 1. The van der Waals surface area contributed by atoms with Gasteiger partial charge in [0.05, 0.1) is 22.0 Å². The Hall–Kier alpha value is -2.87. The molecule has 4 rings (SSSR count). The molecule has 1 N–H and O–H groups in total. The number of halogens is 4. The van der Waals surface area contributed by atoms with Crippen molar-refractivity contribution in [3.63, 3.8) is 0 Å². The predicted molar refractivity (Wildman–Crippen MR) is 110 cm³/mol. The lowest BCUT2D eigenvalue weighted by Gasteiger charge is -2.13. The molecule has 0 saturated carbocycles. The van der Waals surface area contributed by atoms with Crippen molar-refractivity contribution in [1.29, 1.82) is 0 Å². The van der Waals surface area contributed by atoms with Gasteiger partial charge < -0.3 is 4.98 Å². The van der Waals surface area contributed by atoms with Gasteiger partial charge in [-0.15, -0.1) is 0 Å². The van der Waals surface area contributed by atoms with Crippen LogP contribution >= 0.6 is 11.6 Å². The molecule has 0 amide bonds. The van der Waals surface area contributed by atoms with Gasteiger partial charge in [-0.05, 0) is 18.2 Å². The molecule has 156 valence electrons. The Kier molecular flexibility index (Phi) is 4.65. The van der Waals surface area contributed by atoms with Crippen molar-refractivity contribution in [3.8, 4) is 22.8 Å². The van der Waals surface area contributed by atoms with Gasteiger partial charge in [0.2, 0.25) is 0 Å². The first-order valence-electron chi connectivity index (χ1n) is 9.23. The van der Waals surface area contributed by atoms with Gasteiger partial charge in [0, 0.05) is 18.0 Å². The highest BCUT2D eigenvalue weighted by Gasteiger charge is 2.34. The Bertz CT molecular complexity index is 1250. The van der Waals surface area contributed by atoms with Gasteiger partial charge in [0.15, 0.2) is 11.5 Å². The molecule has 0 saturated heterocycles. The number of nitrogens with zero attached hydrogens (tertiary/aromatic N) is 4. The molecule has 0 atom stereocenters. The Morgan fingerprint density at radius 3 is 2.37 bits per heavy atom. The highest BCUT2D eigenvalue weighted by molar-refractivity contribution is 6.35. The minimum absolute atomic E-state index is 0.0473. The molecule has 3 heterocycles. The third kappa shape index (κ3) is 3.56. The van der Waals surface area contributed by atoms with E-state index in [1.54, 1.807) is 11.7 Å². The number of hydrogen-bond acceptors (Lipinski definition) is 3. The first-order valence-corrected chi connectivity index (χ1v) is 9.60. The van der Waals surface area contributed by atoms with Gasteiger partial charge in [0.1, 0.15) is 11.2 Å². The average Bonchev–Trinajstić information content (AvgIpc) is 3.24. The fourth-order valence-corrected chi connectivity index (χ4v) is 3.45. The number of fused-ring (bicyclic) bond motifs is 1. The Labute approximate surface area is 175 Å². The van der Waals surface area contributed by atoms with Crippen LogP contribution in [0.1, 0.15) is 32.0 Å². The van der Waals surface area contributed by atoms with Crippen LogP contribution < -0.4 is 0 Å². The number of rotatable bonds is 2. The van der Waals surface area contributed by atoms with Crippen LogP contribution in [0.5, 0.6) is 0 Å². The summed E-state index contributed by atoms with van der Waals surface area (Å²) in [5.74, 6) is 0.492. The first kappa shape index (κ1) is 20.4. The van der Waals surface area contributed by atoms with E-state index in [2.05, 4.69) is 40.8 Å². The maximum absolute atomic E-state index is 13.4. The van der Waals surface area contributed by atoms with E-state index < -0.39 is 11.7 Å². The van der Waals surface area contributed by atoms with E-state index in [1.807, 2.05) is 6.07 Å². The van der Waals surface area contributed by atoms with Crippen molar-refractivity contribution in [3.05, 3.63) is 52.7 Å². The second-order valence-corrected chi connectivity index (χ2v) is 8.51. The Balaban J connectivity index is 1.86. The first-order chi connectivity index (χ1) is 13.9. The summed E-state index contributed by atoms with van der Waals surface area (Å²) in [6, 6.07) is 8.61. The summed E-state index contributed by atoms with van der Waals surface area (Å²) < 4.78 is 42.0. The lowest BCUT2D eigenvalue weighted by Crippen LogP contribution is -2.12. The van der Waals surface area contributed by atoms with Gasteiger partial charge in [0.25, 0.3) is 0 Å². The van der Waals surface area contributed by atoms with Crippen molar-refractivity contribution >= 4 is 22.8 Å². The molecule has 0 bridgehead atoms. The standard InChI is InChI=1S/C21H19ClF3N5/c1-20(2,3)16-10-15(30(4)29-16)18-27-17-13(22)9-14(26-19(17)28-18)11-7-5-6-8-12(11)21(23,24)25/h5-10H,1-4H3,(H,26,27,28). The number of H-pyrrole nitrogens is 1. The second kappa shape index (κ2) is 6.84. The molecule has 0 fully saturated rings. The molecule has 0 aliphatic rings. The van der Waals surface area contributed by atoms with E-state index in [-0.39, 0.29) is 27.3 Å². The topological polar surface area (TPSA) is 59.4 Å². The highest BCUT2D eigenvalue weighted by Crippen LogP contribution is 2.38. The van der Waals surface area contributed by atoms with Gasteiger partial charge in [-0.1, -0.05) is 50.6 Å². The van der Waals surface area contributed by atoms with Crippen LogP contribution in [0, 0.1) is 0 Å². The maximum Gasteiger partial charge on any atom is 0.417 e. The Morgan fingerprint density at radius 2 is 1.73 bits per heavy atom. The van der Waals surface area contributed by atoms with E-state index in [0.717, 1.165) is 17.5 Å². The van der Waals surface area contributed by atoms with Crippen LogP contribution in [-0.4, -0.2) is 24.7 Å². The summed E-state index contributed by atoms with van der Waals surface area (Å²) in [6.07, 6.45) is -4.51. The van der Waals surface area contributed by atoms with E-state index >= 15 is 0 Å². The SMILES string of the molecule is Cn1nc(C(C)(C)C)cc1-c1nc2nc(-c3ccccc3C(F)(F)F)cc(Cl)c2[nH]1. The molecule has 0 unspecified atom stereocenters. The average molecular weight is 434 g/mol. The number of aryl methyl sites for hydroxylation is 1. The van der Waals surface area contributed by atoms with E-state index in [9.17, 15) is 13.2 Å². The minimum Gasteiger partial charge on any atom is -0.334 e. The summed E-state index contributed by atoms with van der Waals surface area (Å²) >= 11 is 6.38. The molecule has 5 nitrogen and oxygen atoms in total. The Morgan fingerprint density at radius 1 is 1.03 bits per heavy atom. The zero-order valence-corrected chi connectivity index (χ0v) is 17.5. The highest BCUT2D eigenvalue weighted by atomic mass is 35.5. The summed E-state index contributed by atoms with van der Waals surface area (Å²) in [5, 5.41) is 4.77. The molecule has 3 aromatic heterocycles. The summed E-state index contributed by atoms with van der Waals surface area (Å²) in [5.41, 5.74) is 1.46. The second-order valence-electron chi connectivity index (χ2n) is 8.11. The third-order valence-electron chi connectivity index (χ3n) is 4.81. The number of nitrogens with one attached hydrogen (secondary N) is 1. The molecule has 4 aromatic rings. The predicted octanol–water partition coefficient (Wildman–Crippen LogP) is 6.00. The molecular weight excluding hydrogens is 415 g/mol. The largest absolute Gasteiger partial charge is 0.417 e. The maximum atomic E-state index is 13.4. The number of hydrogen-bond donors (Lipinski definition) is 1. The van der Waals surface area contributed by atoms with Crippen LogP contribution in [0.25, 0.3) is 33.9 Å².